The lowest BCUT2D eigenvalue weighted by Gasteiger charge is -2.17. The Morgan fingerprint density at radius 1 is 1.22 bits per heavy atom. The van der Waals surface area contributed by atoms with E-state index in [0.29, 0.717) is 22.3 Å². The molecule has 0 bridgehead atoms. The van der Waals surface area contributed by atoms with Gasteiger partial charge in [-0.1, -0.05) is 35.1 Å². The molecule has 3 heterocycles. The van der Waals surface area contributed by atoms with E-state index >= 15 is 0 Å². The Hall–Kier alpha value is -4.09. The quantitative estimate of drug-likeness (QED) is 0.220. The largest absolute Gasteiger partial charge is 0.324 e. The number of nitro groups is 1. The first-order valence-electron chi connectivity index (χ1n) is 11.0. The molecule has 2 aromatic heterocycles. The summed E-state index contributed by atoms with van der Waals surface area (Å²) >= 11 is 6.95. The zero-order valence-corrected chi connectivity index (χ0v) is 20.3. The van der Waals surface area contributed by atoms with Gasteiger partial charge in [-0.05, 0) is 42.5 Å². The van der Waals surface area contributed by atoms with Crippen molar-refractivity contribution in [3.8, 4) is 0 Å². The Labute approximate surface area is 214 Å². The number of amides is 2. The molecule has 2 aromatic carbocycles. The van der Waals surface area contributed by atoms with Crippen LogP contribution in [0.1, 0.15) is 23.0 Å². The Morgan fingerprint density at radius 3 is 2.75 bits per heavy atom. The highest BCUT2D eigenvalue weighted by molar-refractivity contribution is 7.16. The van der Waals surface area contributed by atoms with Crippen molar-refractivity contribution >= 4 is 62.7 Å². The van der Waals surface area contributed by atoms with Gasteiger partial charge in [-0.15, -0.1) is 0 Å². The Bertz CT molecular complexity index is 1500. The van der Waals surface area contributed by atoms with E-state index in [1.807, 2.05) is 24.3 Å². The van der Waals surface area contributed by atoms with Crippen molar-refractivity contribution in [2.45, 2.75) is 18.9 Å². The van der Waals surface area contributed by atoms with Crippen LogP contribution in [0, 0.1) is 10.1 Å². The van der Waals surface area contributed by atoms with Crippen LogP contribution in [-0.4, -0.2) is 39.0 Å². The van der Waals surface area contributed by atoms with Crippen molar-refractivity contribution in [3.05, 3.63) is 86.5 Å². The van der Waals surface area contributed by atoms with Crippen LogP contribution in [0.15, 0.2) is 65.8 Å². The third kappa shape index (κ3) is 4.83. The average Bonchev–Trinajstić information content (AvgIpc) is 3.57. The van der Waals surface area contributed by atoms with E-state index in [2.05, 4.69) is 10.5 Å². The molecule has 1 N–H and O–H groups in total. The number of aromatic nitrogens is 2. The molecule has 10 nitrogen and oxygen atoms in total. The van der Waals surface area contributed by atoms with Crippen molar-refractivity contribution in [2.75, 3.05) is 11.4 Å². The van der Waals surface area contributed by atoms with Crippen LogP contribution >= 0.6 is 22.9 Å². The summed E-state index contributed by atoms with van der Waals surface area (Å²) in [6.07, 6.45) is 1.63. The molecule has 12 heteroatoms. The third-order valence-electron chi connectivity index (χ3n) is 5.79. The van der Waals surface area contributed by atoms with E-state index in [0.717, 1.165) is 28.1 Å². The van der Waals surface area contributed by atoms with E-state index in [1.54, 1.807) is 39.8 Å². The minimum Gasteiger partial charge on any atom is -0.318 e. The van der Waals surface area contributed by atoms with E-state index in [1.165, 1.54) is 12.3 Å². The van der Waals surface area contributed by atoms with E-state index in [9.17, 15) is 19.7 Å². The third-order valence-corrected chi connectivity index (χ3v) is 7.01. The van der Waals surface area contributed by atoms with Crippen LogP contribution < -0.4 is 10.3 Å². The number of hydrogen-bond donors (Lipinski definition) is 1. The summed E-state index contributed by atoms with van der Waals surface area (Å²) in [5.41, 5.74) is 4.73. The molecule has 36 heavy (non-hydrogen) atoms. The highest BCUT2D eigenvalue weighted by Crippen LogP contribution is 2.33. The second-order valence-corrected chi connectivity index (χ2v) is 9.68. The van der Waals surface area contributed by atoms with Crippen molar-refractivity contribution < 1.29 is 14.5 Å². The monoisotopic (exact) mass is 522 g/mol. The van der Waals surface area contributed by atoms with E-state index in [-0.39, 0.29) is 35.7 Å². The van der Waals surface area contributed by atoms with Crippen LogP contribution in [0.2, 0.25) is 5.02 Å². The molecule has 1 unspecified atom stereocenters. The van der Waals surface area contributed by atoms with Gasteiger partial charge in [0.2, 0.25) is 5.91 Å². The molecular weight excluding hydrogens is 504 g/mol. The first kappa shape index (κ1) is 23.6. The van der Waals surface area contributed by atoms with Gasteiger partial charge < -0.3 is 9.47 Å². The number of nitrogens with zero attached hydrogens (tertiary/aromatic N) is 5. The lowest BCUT2D eigenvalue weighted by atomic mass is 10.1. The van der Waals surface area contributed by atoms with E-state index in [4.69, 9.17) is 16.6 Å². The molecule has 2 amide bonds. The van der Waals surface area contributed by atoms with Crippen LogP contribution in [0.3, 0.4) is 0 Å². The number of benzene rings is 2. The number of hydrogen-bond acceptors (Lipinski definition) is 7. The first-order chi connectivity index (χ1) is 17.4. The maximum atomic E-state index is 12.8. The molecule has 0 spiro atoms. The van der Waals surface area contributed by atoms with Crippen LogP contribution in [0.4, 0.5) is 10.7 Å². The number of rotatable bonds is 7. The van der Waals surface area contributed by atoms with Crippen molar-refractivity contribution in [1.82, 2.24) is 15.0 Å². The maximum Gasteiger partial charge on any atom is 0.324 e. The minimum atomic E-state index is -0.478. The zero-order chi connectivity index (χ0) is 25.2. The van der Waals surface area contributed by atoms with Gasteiger partial charge in [-0.2, -0.15) is 5.10 Å². The number of imidazole rings is 1. The smallest absolute Gasteiger partial charge is 0.318 e. The lowest BCUT2D eigenvalue weighted by molar-refractivity contribution is -0.380. The van der Waals surface area contributed by atoms with Gasteiger partial charge in [0.15, 0.2) is 0 Å². The fraction of sp³-hybridized carbons (Fsp3) is 0.167. The summed E-state index contributed by atoms with van der Waals surface area (Å²) in [5, 5.41) is 15.3. The highest BCUT2D eigenvalue weighted by Gasteiger charge is 2.35. The number of nitrogens with one attached hydrogen (secondary N) is 1. The van der Waals surface area contributed by atoms with Gasteiger partial charge in [0, 0.05) is 35.7 Å². The number of thiophene rings is 1. The highest BCUT2D eigenvalue weighted by atomic mass is 35.5. The van der Waals surface area contributed by atoms with Gasteiger partial charge in [0.1, 0.15) is 12.4 Å². The molecule has 0 radical (unpaired) electrons. The molecular formula is C24H19ClN6O4S. The minimum absolute atomic E-state index is 0.00365. The van der Waals surface area contributed by atoms with Crippen molar-refractivity contribution in [3.63, 3.8) is 0 Å². The Morgan fingerprint density at radius 2 is 2.00 bits per heavy atom. The molecule has 0 saturated carbocycles. The molecule has 0 aliphatic carbocycles. The van der Waals surface area contributed by atoms with Crippen molar-refractivity contribution in [2.24, 2.45) is 5.10 Å². The van der Waals surface area contributed by atoms with E-state index < -0.39 is 4.92 Å². The van der Waals surface area contributed by atoms with Gasteiger partial charge in [0.05, 0.1) is 27.0 Å². The van der Waals surface area contributed by atoms with Crippen molar-refractivity contribution in [1.29, 1.82) is 0 Å². The van der Waals surface area contributed by atoms with Crippen LogP contribution in [-0.2, 0) is 16.1 Å². The second-order valence-electron chi connectivity index (χ2n) is 8.15. The number of halogens is 1. The summed E-state index contributed by atoms with van der Waals surface area (Å²) in [7, 11) is 0. The summed E-state index contributed by atoms with van der Waals surface area (Å²) in [6, 6.07) is 17.5. The van der Waals surface area contributed by atoms with Crippen LogP contribution in [0.25, 0.3) is 11.0 Å². The summed E-state index contributed by atoms with van der Waals surface area (Å²) in [5.74, 6) is 0.0261. The molecule has 4 aromatic rings. The second kappa shape index (κ2) is 9.88. The van der Waals surface area contributed by atoms with Gasteiger partial charge in [-0.25, -0.2) is 10.4 Å². The molecule has 1 saturated heterocycles. The summed E-state index contributed by atoms with van der Waals surface area (Å²) in [4.78, 5) is 42.9. The SMILES string of the molecule is O=C(Cn1c(C2CC(=O)N(c3ccc(Cl)cc3)C2)nc2ccccc21)NN=Cc1ccc([N+](=O)[O-])s1. The summed E-state index contributed by atoms with van der Waals surface area (Å²) < 4.78 is 1.81. The maximum absolute atomic E-state index is 12.8. The Balaban J connectivity index is 1.35. The lowest BCUT2D eigenvalue weighted by Crippen LogP contribution is -2.26. The number of fused-ring (bicyclic) bond motifs is 1. The number of hydrazone groups is 1. The topological polar surface area (TPSA) is 123 Å². The number of para-hydroxylation sites is 2. The van der Waals surface area contributed by atoms with Crippen LogP contribution in [0.5, 0.6) is 0 Å². The Kier molecular flexibility index (Phi) is 6.49. The fourth-order valence-corrected chi connectivity index (χ4v) is 5.00. The first-order valence-corrected chi connectivity index (χ1v) is 12.2. The number of carbonyl (C=O) groups is 2. The predicted octanol–water partition coefficient (Wildman–Crippen LogP) is 4.33. The predicted molar refractivity (Wildman–Crippen MR) is 138 cm³/mol. The molecule has 182 valence electrons. The van der Waals surface area contributed by atoms with Gasteiger partial charge >= 0.3 is 5.00 Å². The molecule has 1 fully saturated rings. The molecule has 1 aliphatic rings. The van der Waals surface area contributed by atoms with Gasteiger partial charge in [0.25, 0.3) is 5.91 Å². The standard InChI is InChI=1S/C24H19ClN6O4S/c25-16-5-7-17(8-6-16)29-13-15(11-22(29)33)24-27-19-3-1-2-4-20(19)30(24)14-21(32)28-26-12-18-9-10-23(36-18)31(34)35/h1-10,12,15H,11,13-14H2,(H,28,32). The summed E-state index contributed by atoms with van der Waals surface area (Å²) in [6.45, 7) is 0.379. The molecule has 1 atom stereocenters. The van der Waals surface area contributed by atoms with Gasteiger partial charge in [-0.3, -0.25) is 19.7 Å². The molecule has 5 rings (SSSR count). The fourth-order valence-electron chi connectivity index (χ4n) is 4.18. The zero-order valence-electron chi connectivity index (χ0n) is 18.7. The average molecular weight is 523 g/mol. The number of carbonyl (C=O) groups excluding carboxylic acids is 2. The molecule has 1 aliphatic heterocycles. The normalized spacial score (nSPS) is 15.8. The number of anilines is 1.